The number of hydrogen-bond acceptors (Lipinski definition) is 9. The summed E-state index contributed by atoms with van der Waals surface area (Å²) in [6.45, 7) is 4.48. The van der Waals surface area contributed by atoms with E-state index in [2.05, 4.69) is 31.0 Å². The molecule has 0 spiro atoms. The van der Waals surface area contributed by atoms with Crippen LogP contribution in [0.5, 0.6) is 11.5 Å². The zero-order chi connectivity index (χ0) is 26.9. The number of carbonyl (C=O) groups excluding carboxylic acids is 3. The van der Waals surface area contributed by atoms with E-state index in [-0.39, 0.29) is 53.2 Å². The predicted octanol–water partition coefficient (Wildman–Crippen LogP) is 4.50. The molecule has 38 heavy (non-hydrogen) atoms. The number of fused-ring (bicyclic) bond motifs is 9. The number of ether oxygens (including phenoxy) is 3. The largest absolute Gasteiger partial charge is 0.493 e. The Morgan fingerprint density at radius 2 is 1.89 bits per heavy atom. The van der Waals surface area contributed by atoms with E-state index < -0.39 is 11.9 Å². The topological polar surface area (TPSA) is 97.9 Å². The van der Waals surface area contributed by atoms with Crippen molar-refractivity contribution in [1.29, 1.82) is 0 Å². The summed E-state index contributed by atoms with van der Waals surface area (Å²) < 4.78 is 17.2. The molecule has 7 atom stereocenters. The van der Waals surface area contributed by atoms with E-state index in [1.165, 1.54) is 12.0 Å². The Bertz CT molecular complexity index is 1370. The highest BCUT2D eigenvalue weighted by Gasteiger charge is 2.69. The summed E-state index contributed by atoms with van der Waals surface area (Å²) in [5, 5.41) is 1.22. The molecule has 2 aliphatic carbocycles. The lowest BCUT2D eigenvalue weighted by atomic mass is 9.68. The van der Waals surface area contributed by atoms with Crippen LogP contribution >= 0.6 is 35.3 Å². The number of likely N-dealkylation sites (tertiary alicyclic amines) is 1. The number of imide groups is 1. The van der Waals surface area contributed by atoms with Crippen LogP contribution in [0.3, 0.4) is 0 Å². The molecule has 6 rings (SSSR count). The van der Waals surface area contributed by atoms with E-state index in [1.807, 2.05) is 6.07 Å². The number of thioether (sulfide) groups is 1. The van der Waals surface area contributed by atoms with Gasteiger partial charge >= 0.3 is 5.97 Å². The summed E-state index contributed by atoms with van der Waals surface area (Å²) in [6, 6.07) is 6.11. The lowest BCUT2D eigenvalue weighted by Gasteiger charge is -2.43. The van der Waals surface area contributed by atoms with Crippen molar-refractivity contribution in [2.75, 3.05) is 27.4 Å². The Hall–Kier alpha value is -2.37. The molecule has 7 unspecified atom stereocenters. The lowest BCUT2D eigenvalue weighted by molar-refractivity contribution is -0.151. The molecule has 1 aromatic carbocycles. The van der Waals surface area contributed by atoms with Crippen LogP contribution in [0.2, 0.25) is 0 Å². The third kappa shape index (κ3) is 3.92. The molecule has 8 nitrogen and oxygen atoms in total. The number of amides is 2. The number of aromatic nitrogens is 1. The number of benzene rings is 1. The maximum absolute atomic E-state index is 13.5. The molecular formula is C27H30N2O6S3. The van der Waals surface area contributed by atoms with Gasteiger partial charge in [0.2, 0.25) is 11.8 Å². The zero-order valence-electron chi connectivity index (χ0n) is 21.6. The van der Waals surface area contributed by atoms with Gasteiger partial charge in [-0.1, -0.05) is 19.9 Å². The standard InChI is InChI=1S/C27H30N2O6S3/c1-11(2)10-35-15-6-5-12(7-16(15)33-3)18-19-13-8-14(22(19)37-24-23(18)38-27(36)28-24)21-20(13)25(31)29(26(21)32)9-17(30)34-4/h5-7,11,13-14,18-22H,8-10H2,1-4H3,(H,28,36). The smallest absolute Gasteiger partial charge is 0.325 e. The zero-order valence-corrected chi connectivity index (χ0v) is 24.0. The van der Waals surface area contributed by atoms with E-state index in [9.17, 15) is 14.4 Å². The molecule has 202 valence electrons. The Kier molecular flexibility index (Phi) is 6.59. The van der Waals surface area contributed by atoms with Crippen molar-refractivity contribution >= 4 is 53.1 Å². The van der Waals surface area contributed by atoms with Gasteiger partial charge < -0.3 is 19.2 Å². The quantitative estimate of drug-likeness (QED) is 0.293. The van der Waals surface area contributed by atoms with Gasteiger partial charge in [0.25, 0.3) is 0 Å². The second kappa shape index (κ2) is 9.67. The molecule has 2 saturated carbocycles. The molecule has 1 aromatic heterocycles. The van der Waals surface area contributed by atoms with Gasteiger partial charge in [-0.2, -0.15) is 0 Å². The summed E-state index contributed by atoms with van der Waals surface area (Å²) in [5.74, 6) is 0.217. The third-order valence-corrected chi connectivity index (χ3v) is 11.4. The highest BCUT2D eigenvalue weighted by Crippen LogP contribution is 2.69. The Balaban J connectivity index is 1.39. The minimum absolute atomic E-state index is 0.00996. The van der Waals surface area contributed by atoms with Crippen LogP contribution in [-0.4, -0.2) is 60.3 Å². The molecule has 11 heteroatoms. The van der Waals surface area contributed by atoms with Crippen molar-refractivity contribution in [3.63, 3.8) is 0 Å². The first-order valence-corrected chi connectivity index (χ1v) is 15.0. The monoisotopic (exact) mass is 574 g/mol. The van der Waals surface area contributed by atoms with Crippen LogP contribution in [-0.2, 0) is 19.1 Å². The van der Waals surface area contributed by atoms with Crippen molar-refractivity contribution in [3.05, 3.63) is 32.6 Å². The molecule has 4 aliphatic rings. The van der Waals surface area contributed by atoms with Crippen molar-refractivity contribution in [2.24, 2.45) is 35.5 Å². The first-order chi connectivity index (χ1) is 18.2. The highest BCUT2D eigenvalue weighted by atomic mass is 32.2. The molecule has 2 aromatic rings. The Morgan fingerprint density at radius 1 is 1.16 bits per heavy atom. The second-order valence-electron chi connectivity index (χ2n) is 10.9. The SMILES string of the molecule is COC(=O)CN1C(=O)C2C3CC(C2C1=O)C1C(c2ccc(OCC(C)C)c(OC)c2)c2sc(=S)[nH]c2SC31. The molecule has 3 fully saturated rings. The predicted molar refractivity (Wildman–Crippen MR) is 145 cm³/mol. The Morgan fingerprint density at radius 3 is 2.58 bits per heavy atom. The van der Waals surface area contributed by atoms with Crippen molar-refractivity contribution in [3.8, 4) is 11.5 Å². The number of thiazole rings is 1. The second-order valence-corrected chi connectivity index (χ2v) is 13.8. The number of aromatic amines is 1. The van der Waals surface area contributed by atoms with Gasteiger partial charge in [0, 0.05) is 16.0 Å². The number of hydrogen-bond donors (Lipinski definition) is 1. The van der Waals surface area contributed by atoms with Gasteiger partial charge in [0.05, 0.1) is 37.7 Å². The van der Waals surface area contributed by atoms with Gasteiger partial charge in [-0.15, -0.1) is 23.1 Å². The van der Waals surface area contributed by atoms with E-state index in [4.69, 9.17) is 26.4 Å². The van der Waals surface area contributed by atoms with Crippen LogP contribution in [0.15, 0.2) is 23.2 Å². The van der Waals surface area contributed by atoms with Gasteiger partial charge in [0.15, 0.2) is 15.5 Å². The molecule has 2 bridgehead atoms. The number of nitrogens with zero attached hydrogens (tertiary/aromatic N) is 1. The summed E-state index contributed by atoms with van der Waals surface area (Å²) in [6.07, 6.45) is 0.833. The minimum atomic E-state index is -0.578. The van der Waals surface area contributed by atoms with E-state index >= 15 is 0 Å². The lowest BCUT2D eigenvalue weighted by Crippen LogP contribution is -2.42. The Labute approximate surface area is 234 Å². The van der Waals surface area contributed by atoms with Gasteiger partial charge in [-0.3, -0.25) is 19.3 Å². The average Bonchev–Trinajstić information content (AvgIpc) is 3.63. The molecule has 0 radical (unpaired) electrons. The number of rotatable bonds is 7. The number of H-pyrrole nitrogens is 1. The van der Waals surface area contributed by atoms with Crippen molar-refractivity contribution in [1.82, 2.24) is 9.88 Å². The third-order valence-electron chi connectivity index (χ3n) is 8.45. The summed E-state index contributed by atoms with van der Waals surface area (Å²) in [5.41, 5.74) is 1.09. The van der Waals surface area contributed by atoms with Crippen LogP contribution in [0.1, 0.15) is 36.6 Å². The van der Waals surface area contributed by atoms with Crippen LogP contribution in [0.25, 0.3) is 0 Å². The van der Waals surface area contributed by atoms with Gasteiger partial charge in [0.1, 0.15) is 6.54 Å². The molecular weight excluding hydrogens is 545 g/mol. The molecule has 3 heterocycles. The number of nitrogens with one attached hydrogen (secondary N) is 1. The molecule has 1 N–H and O–H groups in total. The van der Waals surface area contributed by atoms with Gasteiger partial charge in [-0.05, 0) is 60.0 Å². The number of carbonyl (C=O) groups is 3. The summed E-state index contributed by atoms with van der Waals surface area (Å²) in [7, 11) is 2.91. The number of methoxy groups -OCH3 is 2. The fourth-order valence-corrected chi connectivity index (χ4v) is 10.4. The van der Waals surface area contributed by atoms with Crippen LogP contribution in [0, 0.1) is 39.5 Å². The van der Waals surface area contributed by atoms with E-state index in [0.717, 1.165) is 25.9 Å². The van der Waals surface area contributed by atoms with E-state index in [0.29, 0.717) is 24.0 Å². The normalized spacial score (nSPS) is 30.9. The fraction of sp³-hybridized carbons (Fsp3) is 0.556. The van der Waals surface area contributed by atoms with Crippen molar-refractivity contribution < 1.29 is 28.6 Å². The average molecular weight is 575 g/mol. The van der Waals surface area contributed by atoms with Crippen molar-refractivity contribution in [2.45, 2.75) is 36.5 Å². The molecule has 2 amide bonds. The number of esters is 1. The van der Waals surface area contributed by atoms with E-state index in [1.54, 1.807) is 30.2 Å². The first kappa shape index (κ1) is 25.9. The molecule has 1 saturated heterocycles. The first-order valence-electron chi connectivity index (χ1n) is 12.9. The maximum Gasteiger partial charge on any atom is 0.325 e. The summed E-state index contributed by atoms with van der Waals surface area (Å²) >= 11 is 8.90. The van der Waals surface area contributed by atoms with Gasteiger partial charge in [-0.25, -0.2) is 0 Å². The maximum atomic E-state index is 13.5. The van der Waals surface area contributed by atoms with Crippen LogP contribution in [0.4, 0.5) is 0 Å². The van der Waals surface area contributed by atoms with Crippen LogP contribution < -0.4 is 9.47 Å². The highest BCUT2D eigenvalue weighted by molar-refractivity contribution is 8.00. The summed E-state index contributed by atoms with van der Waals surface area (Å²) in [4.78, 5) is 44.5. The molecule has 2 aliphatic heterocycles. The fourth-order valence-electron chi connectivity index (χ4n) is 7.05. The minimum Gasteiger partial charge on any atom is -0.493 e.